The molecular weight excluding hydrogens is 333 g/mol. The summed E-state index contributed by atoms with van der Waals surface area (Å²) in [5.41, 5.74) is 1.02. The number of carbonyl (C=O) groups is 1. The van der Waals surface area contributed by atoms with Crippen molar-refractivity contribution in [2.24, 2.45) is 0 Å². The van der Waals surface area contributed by atoms with Crippen LogP contribution in [0.2, 0.25) is 0 Å². The van der Waals surface area contributed by atoms with E-state index in [1.165, 1.54) is 24.3 Å². The summed E-state index contributed by atoms with van der Waals surface area (Å²) in [5, 5.41) is 0. The summed E-state index contributed by atoms with van der Waals surface area (Å²) < 4.78 is 24.1. The van der Waals surface area contributed by atoms with Gasteiger partial charge in [-0.25, -0.2) is 4.39 Å². The Labute approximate surface area is 151 Å². The lowest BCUT2D eigenvalue weighted by atomic mass is 10.2. The predicted molar refractivity (Wildman–Crippen MR) is 95.9 cm³/mol. The molecule has 0 saturated carbocycles. The molecule has 0 aliphatic carbocycles. The molecule has 0 saturated heterocycles. The standard InChI is InChI=1S/C21H20FNO3/c1-16(26-19-11-9-18(22)10-12-19)21(24)23(15-20-8-5-13-25-20)14-17-6-3-2-4-7-17/h2-13,16H,14-15H2,1H3. The molecule has 0 radical (unpaired) electrons. The highest BCUT2D eigenvalue weighted by Gasteiger charge is 2.23. The van der Waals surface area contributed by atoms with Gasteiger partial charge in [-0.3, -0.25) is 4.79 Å². The summed E-state index contributed by atoms with van der Waals surface area (Å²) >= 11 is 0. The lowest BCUT2D eigenvalue weighted by Crippen LogP contribution is -2.39. The summed E-state index contributed by atoms with van der Waals surface area (Å²) in [5.74, 6) is 0.627. The number of halogens is 1. The summed E-state index contributed by atoms with van der Waals surface area (Å²) in [6, 6.07) is 19.0. The molecule has 0 bridgehead atoms. The van der Waals surface area contributed by atoms with Crippen LogP contribution in [0.3, 0.4) is 0 Å². The number of furan rings is 1. The number of hydrogen-bond donors (Lipinski definition) is 0. The third-order valence-electron chi connectivity index (χ3n) is 3.93. The third-order valence-corrected chi connectivity index (χ3v) is 3.93. The fourth-order valence-electron chi connectivity index (χ4n) is 2.63. The molecule has 1 unspecified atom stereocenters. The Morgan fingerprint density at radius 1 is 1.04 bits per heavy atom. The van der Waals surface area contributed by atoms with Crippen molar-refractivity contribution in [2.45, 2.75) is 26.1 Å². The van der Waals surface area contributed by atoms with Crippen molar-refractivity contribution in [2.75, 3.05) is 0 Å². The lowest BCUT2D eigenvalue weighted by Gasteiger charge is -2.25. The van der Waals surface area contributed by atoms with Gasteiger partial charge >= 0.3 is 0 Å². The van der Waals surface area contributed by atoms with Gasteiger partial charge in [0.25, 0.3) is 5.91 Å². The number of ether oxygens (including phenoxy) is 1. The van der Waals surface area contributed by atoms with E-state index in [0.29, 0.717) is 24.6 Å². The highest BCUT2D eigenvalue weighted by Crippen LogP contribution is 2.17. The van der Waals surface area contributed by atoms with E-state index in [0.717, 1.165) is 5.56 Å². The topological polar surface area (TPSA) is 42.7 Å². The van der Waals surface area contributed by atoms with Crippen LogP contribution in [-0.4, -0.2) is 16.9 Å². The Morgan fingerprint density at radius 3 is 2.42 bits per heavy atom. The second-order valence-corrected chi connectivity index (χ2v) is 5.97. The molecule has 1 amide bonds. The van der Waals surface area contributed by atoms with Crippen molar-refractivity contribution in [1.29, 1.82) is 0 Å². The van der Waals surface area contributed by atoms with Crippen LogP contribution in [0.4, 0.5) is 4.39 Å². The second kappa shape index (κ2) is 8.34. The molecule has 1 atom stereocenters. The van der Waals surface area contributed by atoms with Gasteiger partial charge in [0.2, 0.25) is 0 Å². The fraction of sp³-hybridized carbons (Fsp3) is 0.190. The molecule has 1 aromatic heterocycles. The van der Waals surface area contributed by atoms with Gasteiger partial charge in [0.05, 0.1) is 12.8 Å². The van der Waals surface area contributed by atoms with E-state index in [1.54, 1.807) is 24.2 Å². The second-order valence-electron chi connectivity index (χ2n) is 5.97. The number of nitrogens with zero attached hydrogens (tertiary/aromatic N) is 1. The zero-order valence-electron chi connectivity index (χ0n) is 14.5. The first-order valence-corrected chi connectivity index (χ1v) is 8.39. The summed E-state index contributed by atoms with van der Waals surface area (Å²) in [6.07, 6.45) is 0.873. The van der Waals surface area contributed by atoms with Crippen molar-refractivity contribution >= 4 is 5.91 Å². The molecule has 3 aromatic rings. The first kappa shape index (κ1) is 17.7. The van der Waals surface area contributed by atoms with Crippen molar-refractivity contribution in [3.05, 3.63) is 90.1 Å². The molecule has 5 heteroatoms. The van der Waals surface area contributed by atoms with Crippen LogP contribution in [-0.2, 0) is 17.9 Å². The maximum atomic E-state index is 13.0. The molecule has 2 aromatic carbocycles. The highest BCUT2D eigenvalue weighted by molar-refractivity contribution is 5.80. The number of carbonyl (C=O) groups excluding carboxylic acids is 1. The third kappa shape index (κ3) is 4.72. The smallest absolute Gasteiger partial charge is 0.264 e. The van der Waals surface area contributed by atoms with E-state index < -0.39 is 6.10 Å². The van der Waals surface area contributed by atoms with Crippen LogP contribution in [0.25, 0.3) is 0 Å². The van der Waals surface area contributed by atoms with E-state index >= 15 is 0 Å². The maximum Gasteiger partial charge on any atom is 0.264 e. The van der Waals surface area contributed by atoms with E-state index in [4.69, 9.17) is 9.15 Å². The Morgan fingerprint density at radius 2 is 1.77 bits per heavy atom. The van der Waals surface area contributed by atoms with Gasteiger partial charge in [-0.05, 0) is 48.9 Å². The molecule has 0 spiro atoms. The van der Waals surface area contributed by atoms with Crippen LogP contribution in [0, 0.1) is 5.82 Å². The van der Waals surface area contributed by atoms with Crippen LogP contribution < -0.4 is 4.74 Å². The van der Waals surface area contributed by atoms with Gasteiger partial charge < -0.3 is 14.1 Å². The minimum Gasteiger partial charge on any atom is -0.481 e. The van der Waals surface area contributed by atoms with Crippen LogP contribution >= 0.6 is 0 Å². The molecule has 0 aliphatic rings. The Kier molecular flexibility index (Phi) is 5.69. The molecule has 3 rings (SSSR count). The maximum absolute atomic E-state index is 13.0. The number of hydrogen-bond acceptors (Lipinski definition) is 3. The molecule has 4 nitrogen and oxygen atoms in total. The molecule has 1 heterocycles. The molecule has 0 N–H and O–H groups in total. The first-order chi connectivity index (χ1) is 12.6. The van der Waals surface area contributed by atoms with Crippen LogP contribution in [0.5, 0.6) is 5.75 Å². The molecular formula is C21H20FNO3. The first-order valence-electron chi connectivity index (χ1n) is 8.39. The highest BCUT2D eigenvalue weighted by atomic mass is 19.1. The normalized spacial score (nSPS) is 11.8. The minimum atomic E-state index is -0.709. The Hall–Kier alpha value is -3.08. The summed E-state index contributed by atoms with van der Waals surface area (Å²) in [6.45, 7) is 2.47. The molecule has 134 valence electrons. The van der Waals surface area contributed by atoms with Gasteiger partial charge in [0.1, 0.15) is 17.3 Å². The molecule has 0 aliphatic heterocycles. The zero-order valence-corrected chi connectivity index (χ0v) is 14.5. The average Bonchev–Trinajstić information content (AvgIpc) is 3.16. The van der Waals surface area contributed by atoms with Crippen molar-refractivity contribution in [3.8, 4) is 5.75 Å². The number of rotatable bonds is 7. The van der Waals surface area contributed by atoms with Crippen LogP contribution in [0.1, 0.15) is 18.2 Å². The van der Waals surface area contributed by atoms with Crippen LogP contribution in [0.15, 0.2) is 77.4 Å². The largest absolute Gasteiger partial charge is 0.481 e. The minimum absolute atomic E-state index is 0.172. The lowest BCUT2D eigenvalue weighted by molar-refractivity contribution is -0.139. The van der Waals surface area contributed by atoms with Crippen molar-refractivity contribution < 1.29 is 18.3 Å². The van der Waals surface area contributed by atoms with E-state index in [9.17, 15) is 9.18 Å². The van der Waals surface area contributed by atoms with Gasteiger partial charge in [-0.15, -0.1) is 0 Å². The van der Waals surface area contributed by atoms with Gasteiger partial charge in [-0.2, -0.15) is 0 Å². The summed E-state index contributed by atoms with van der Waals surface area (Å²) in [7, 11) is 0. The van der Waals surface area contributed by atoms with Gasteiger partial charge in [0, 0.05) is 6.54 Å². The molecule has 0 fully saturated rings. The van der Waals surface area contributed by atoms with E-state index in [-0.39, 0.29) is 11.7 Å². The Bertz CT molecular complexity index is 816. The summed E-state index contributed by atoms with van der Waals surface area (Å²) in [4.78, 5) is 14.6. The Balaban J connectivity index is 1.73. The quantitative estimate of drug-likeness (QED) is 0.632. The van der Waals surface area contributed by atoms with E-state index in [2.05, 4.69) is 0 Å². The monoisotopic (exact) mass is 353 g/mol. The predicted octanol–water partition coefficient (Wildman–Crippen LogP) is 4.42. The van der Waals surface area contributed by atoms with Gasteiger partial charge in [-0.1, -0.05) is 30.3 Å². The molecule has 26 heavy (non-hydrogen) atoms. The van der Waals surface area contributed by atoms with Crippen molar-refractivity contribution in [1.82, 2.24) is 4.90 Å². The zero-order chi connectivity index (χ0) is 18.4. The number of amides is 1. The van der Waals surface area contributed by atoms with Crippen molar-refractivity contribution in [3.63, 3.8) is 0 Å². The fourth-order valence-corrected chi connectivity index (χ4v) is 2.63. The van der Waals surface area contributed by atoms with Gasteiger partial charge in [0.15, 0.2) is 6.10 Å². The van der Waals surface area contributed by atoms with E-state index in [1.807, 2.05) is 36.4 Å². The average molecular weight is 353 g/mol. The SMILES string of the molecule is CC(Oc1ccc(F)cc1)C(=O)N(Cc1ccccc1)Cc1ccco1. The number of benzene rings is 2.